The number of amides is 1. The van der Waals surface area contributed by atoms with Crippen molar-refractivity contribution in [3.63, 3.8) is 0 Å². The van der Waals surface area contributed by atoms with Gasteiger partial charge in [-0.25, -0.2) is 4.98 Å². The summed E-state index contributed by atoms with van der Waals surface area (Å²) < 4.78 is 10.9. The van der Waals surface area contributed by atoms with E-state index >= 15 is 0 Å². The van der Waals surface area contributed by atoms with Crippen molar-refractivity contribution in [2.24, 2.45) is 0 Å². The zero-order chi connectivity index (χ0) is 21.1. The number of aromatic nitrogens is 2. The monoisotopic (exact) mass is 425 g/mol. The second kappa shape index (κ2) is 8.69. The Morgan fingerprint density at radius 2 is 2.13 bits per heavy atom. The Labute approximate surface area is 177 Å². The molecule has 0 fully saturated rings. The Bertz CT molecular complexity index is 1190. The van der Waals surface area contributed by atoms with E-state index in [9.17, 15) is 9.59 Å². The molecule has 0 spiro atoms. The number of benzene rings is 2. The van der Waals surface area contributed by atoms with Gasteiger partial charge in [-0.3, -0.25) is 9.59 Å². The van der Waals surface area contributed by atoms with Crippen molar-refractivity contribution in [3.8, 4) is 5.75 Å². The fourth-order valence-electron chi connectivity index (χ4n) is 3.32. The number of para-hydroxylation sites is 1. The molecule has 1 aromatic heterocycles. The molecule has 0 saturated carbocycles. The number of fused-ring (bicyclic) bond motifs is 2. The SMILES string of the molecule is COCCN(Cc1nc2ccccc2c(=O)[nH]1)C(=O)C1=Cc2cc(Cl)ccc2OC1. The maximum absolute atomic E-state index is 13.2. The summed E-state index contributed by atoms with van der Waals surface area (Å²) in [6.45, 7) is 0.979. The Balaban J connectivity index is 1.63. The van der Waals surface area contributed by atoms with E-state index < -0.39 is 0 Å². The molecule has 7 nitrogen and oxygen atoms in total. The average molecular weight is 426 g/mol. The first kappa shape index (κ1) is 20.1. The van der Waals surface area contributed by atoms with E-state index in [0.717, 1.165) is 5.56 Å². The topological polar surface area (TPSA) is 84.5 Å². The van der Waals surface area contributed by atoms with Gasteiger partial charge in [-0.2, -0.15) is 0 Å². The number of H-pyrrole nitrogens is 1. The van der Waals surface area contributed by atoms with Crippen LogP contribution in [0.1, 0.15) is 11.4 Å². The van der Waals surface area contributed by atoms with Gasteiger partial charge < -0.3 is 19.4 Å². The maximum Gasteiger partial charge on any atom is 0.258 e. The number of nitrogens with one attached hydrogen (secondary N) is 1. The summed E-state index contributed by atoms with van der Waals surface area (Å²) in [5.41, 5.74) is 1.59. The maximum atomic E-state index is 13.2. The molecule has 1 amide bonds. The minimum absolute atomic E-state index is 0.141. The van der Waals surface area contributed by atoms with Crippen LogP contribution in [-0.2, 0) is 16.1 Å². The molecule has 8 heteroatoms. The predicted octanol–water partition coefficient (Wildman–Crippen LogP) is 3.03. The molecular formula is C22H20ClN3O4. The van der Waals surface area contributed by atoms with E-state index in [4.69, 9.17) is 21.1 Å². The van der Waals surface area contributed by atoms with Gasteiger partial charge in [-0.05, 0) is 36.4 Å². The van der Waals surface area contributed by atoms with Crippen LogP contribution in [0.2, 0.25) is 5.02 Å². The van der Waals surface area contributed by atoms with Crippen LogP contribution < -0.4 is 10.3 Å². The number of methoxy groups -OCH3 is 1. The van der Waals surface area contributed by atoms with Gasteiger partial charge in [0, 0.05) is 24.2 Å². The highest BCUT2D eigenvalue weighted by atomic mass is 35.5. The van der Waals surface area contributed by atoms with Gasteiger partial charge in [0.05, 0.1) is 29.6 Å². The van der Waals surface area contributed by atoms with E-state index in [2.05, 4.69) is 9.97 Å². The number of rotatable bonds is 6. The molecule has 154 valence electrons. The van der Waals surface area contributed by atoms with Gasteiger partial charge in [-0.1, -0.05) is 23.7 Å². The van der Waals surface area contributed by atoms with Crippen LogP contribution in [0.4, 0.5) is 0 Å². The number of carbonyl (C=O) groups is 1. The van der Waals surface area contributed by atoms with E-state index in [1.807, 2.05) is 6.07 Å². The number of nitrogens with zero attached hydrogens (tertiary/aromatic N) is 2. The Kier molecular flexibility index (Phi) is 5.83. The largest absolute Gasteiger partial charge is 0.488 e. The first-order valence-electron chi connectivity index (χ1n) is 9.44. The van der Waals surface area contributed by atoms with Gasteiger partial charge in [0.1, 0.15) is 18.2 Å². The molecule has 1 N–H and O–H groups in total. The third-order valence-corrected chi connectivity index (χ3v) is 5.05. The van der Waals surface area contributed by atoms with Crippen molar-refractivity contribution in [2.75, 3.05) is 26.9 Å². The van der Waals surface area contributed by atoms with E-state index in [1.54, 1.807) is 54.5 Å². The summed E-state index contributed by atoms with van der Waals surface area (Å²) in [5.74, 6) is 0.873. The third kappa shape index (κ3) is 4.22. The highest BCUT2D eigenvalue weighted by Crippen LogP contribution is 2.29. The van der Waals surface area contributed by atoms with Crippen LogP contribution in [0.25, 0.3) is 17.0 Å². The molecule has 30 heavy (non-hydrogen) atoms. The summed E-state index contributed by atoms with van der Waals surface area (Å²) in [4.78, 5) is 34.4. The second-order valence-electron chi connectivity index (χ2n) is 6.89. The normalized spacial score (nSPS) is 12.8. The van der Waals surface area contributed by atoms with Crippen molar-refractivity contribution in [3.05, 3.63) is 74.8 Å². The van der Waals surface area contributed by atoms with E-state index in [0.29, 0.717) is 46.2 Å². The summed E-state index contributed by atoms with van der Waals surface area (Å²) >= 11 is 6.07. The van der Waals surface area contributed by atoms with Crippen LogP contribution in [0.5, 0.6) is 5.75 Å². The second-order valence-corrected chi connectivity index (χ2v) is 7.33. The van der Waals surface area contributed by atoms with Gasteiger partial charge in [-0.15, -0.1) is 0 Å². The molecule has 0 atom stereocenters. The van der Waals surface area contributed by atoms with Crippen LogP contribution in [-0.4, -0.2) is 47.6 Å². The first-order valence-corrected chi connectivity index (χ1v) is 9.82. The van der Waals surface area contributed by atoms with Crippen LogP contribution >= 0.6 is 11.6 Å². The molecule has 3 aromatic rings. The van der Waals surface area contributed by atoms with Crippen molar-refractivity contribution < 1.29 is 14.3 Å². The van der Waals surface area contributed by atoms with Crippen LogP contribution in [0.3, 0.4) is 0 Å². The Hall–Kier alpha value is -3.16. The van der Waals surface area contributed by atoms with E-state index in [-0.39, 0.29) is 24.6 Å². The molecule has 2 aromatic carbocycles. The fourth-order valence-corrected chi connectivity index (χ4v) is 3.50. The van der Waals surface area contributed by atoms with Crippen LogP contribution in [0, 0.1) is 0 Å². The summed E-state index contributed by atoms with van der Waals surface area (Å²) in [7, 11) is 1.57. The molecule has 0 aliphatic carbocycles. The molecular weight excluding hydrogens is 406 g/mol. The molecule has 1 aliphatic rings. The third-order valence-electron chi connectivity index (χ3n) is 4.81. The zero-order valence-electron chi connectivity index (χ0n) is 16.4. The van der Waals surface area contributed by atoms with Gasteiger partial charge in [0.2, 0.25) is 0 Å². The highest BCUT2D eigenvalue weighted by Gasteiger charge is 2.23. The molecule has 0 bridgehead atoms. The lowest BCUT2D eigenvalue weighted by Gasteiger charge is -2.25. The van der Waals surface area contributed by atoms with Crippen molar-refractivity contribution in [1.29, 1.82) is 0 Å². The lowest BCUT2D eigenvalue weighted by atomic mass is 10.1. The fraction of sp³-hybridized carbons (Fsp3) is 0.227. The van der Waals surface area contributed by atoms with E-state index in [1.165, 1.54) is 0 Å². The average Bonchev–Trinajstić information content (AvgIpc) is 2.75. The number of halogens is 1. The molecule has 1 aliphatic heterocycles. The minimum atomic E-state index is -0.237. The Morgan fingerprint density at radius 3 is 2.97 bits per heavy atom. The highest BCUT2D eigenvalue weighted by molar-refractivity contribution is 6.30. The first-order chi connectivity index (χ1) is 14.5. The quantitative estimate of drug-likeness (QED) is 0.656. The predicted molar refractivity (Wildman–Crippen MR) is 115 cm³/mol. The molecule has 0 unspecified atom stereocenters. The number of hydrogen-bond donors (Lipinski definition) is 1. The summed E-state index contributed by atoms with van der Waals surface area (Å²) in [6, 6.07) is 12.4. The standard InChI is InChI=1S/C22H20ClN3O4/c1-29-9-8-26(12-20-24-18-5-3-2-4-17(18)21(27)25-20)22(28)15-10-14-11-16(23)6-7-19(14)30-13-15/h2-7,10-11H,8-9,12-13H2,1H3,(H,24,25,27). The van der Waals surface area contributed by atoms with Crippen molar-refractivity contribution >= 4 is 34.5 Å². The number of carbonyl (C=O) groups excluding carboxylic acids is 1. The van der Waals surface area contributed by atoms with Gasteiger partial charge in [0.15, 0.2) is 0 Å². The lowest BCUT2D eigenvalue weighted by Crippen LogP contribution is -2.37. The summed E-state index contributed by atoms with van der Waals surface area (Å²) in [6.07, 6.45) is 1.78. The van der Waals surface area contributed by atoms with Crippen LogP contribution in [0.15, 0.2) is 52.8 Å². The van der Waals surface area contributed by atoms with Gasteiger partial charge in [0.25, 0.3) is 11.5 Å². The lowest BCUT2D eigenvalue weighted by molar-refractivity contribution is -0.128. The smallest absolute Gasteiger partial charge is 0.258 e. The number of hydrogen-bond acceptors (Lipinski definition) is 5. The van der Waals surface area contributed by atoms with Crippen molar-refractivity contribution in [2.45, 2.75) is 6.54 Å². The van der Waals surface area contributed by atoms with Gasteiger partial charge >= 0.3 is 0 Å². The van der Waals surface area contributed by atoms with Crippen molar-refractivity contribution in [1.82, 2.24) is 14.9 Å². The minimum Gasteiger partial charge on any atom is -0.488 e. The molecule has 0 saturated heterocycles. The Morgan fingerprint density at radius 1 is 1.30 bits per heavy atom. The zero-order valence-corrected chi connectivity index (χ0v) is 17.1. The number of aromatic amines is 1. The molecule has 4 rings (SSSR count). The molecule has 0 radical (unpaired) electrons. The molecule has 2 heterocycles. The summed E-state index contributed by atoms with van der Waals surface area (Å²) in [5, 5.41) is 1.07. The number of ether oxygens (including phenoxy) is 2.